The second-order valence-corrected chi connectivity index (χ2v) is 5.51. The van der Waals surface area contributed by atoms with Gasteiger partial charge in [0.25, 0.3) is 5.91 Å². The van der Waals surface area contributed by atoms with Gasteiger partial charge >= 0.3 is 5.97 Å². The maximum Gasteiger partial charge on any atom is 0.308 e. The lowest BCUT2D eigenvalue weighted by molar-refractivity contribution is -0.142. The van der Waals surface area contributed by atoms with Crippen LogP contribution in [-0.2, 0) is 16.0 Å². The molecule has 1 saturated heterocycles. The van der Waals surface area contributed by atoms with Gasteiger partial charge in [-0.15, -0.1) is 0 Å². The predicted molar refractivity (Wildman–Crippen MR) is 78.2 cm³/mol. The monoisotopic (exact) mass is 291 g/mol. The summed E-state index contributed by atoms with van der Waals surface area (Å²) >= 11 is 0. The lowest BCUT2D eigenvalue weighted by Crippen LogP contribution is -2.33. The second kappa shape index (κ2) is 6.61. The number of benzene rings is 1. The summed E-state index contributed by atoms with van der Waals surface area (Å²) in [5.74, 6) is -0.838. The molecule has 0 radical (unpaired) electrons. The number of nitrogens with zero attached hydrogens (tertiary/aromatic N) is 1. The Bertz CT molecular complexity index is 512. The average molecular weight is 291 g/mol. The van der Waals surface area contributed by atoms with Crippen LogP contribution in [0.3, 0.4) is 0 Å². The van der Waals surface area contributed by atoms with Gasteiger partial charge in [-0.05, 0) is 30.0 Å². The number of aliphatic carboxylic acids is 1. The summed E-state index contributed by atoms with van der Waals surface area (Å²) in [6, 6.07) is 7.63. The lowest BCUT2D eigenvalue weighted by atomic mass is 9.99. The third kappa shape index (κ3) is 3.74. The summed E-state index contributed by atoms with van der Waals surface area (Å²) in [6.45, 7) is 4.63. The molecule has 21 heavy (non-hydrogen) atoms. The normalized spacial score (nSPS) is 21.3. The number of amides is 1. The van der Waals surface area contributed by atoms with Crippen LogP contribution in [0.1, 0.15) is 19.4 Å². The Kier molecular flexibility index (Phi) is 4.83. The van der Waals surface area contributed by atoms with E-state index in [1.807, 2.05) is 31.2 Å². The zero-order valence-electron chi connectivity index (χ0n) is 12.4. The number of carbonyl (C=O) groups excluding carboxylic acids is 1. The molecule has 114 valence electrons. The number of aryl methyl sites for hydroxylation is 1. The molecule has 2 rings (SSSR count). The minimum absolute atomic E-state index is 0.0183. The first-order valence-corrected chi connectivity index (χ1v) is 7.23. The number of hydrogen-bond donors (Lipinski definition) is 1. The molecular formula is C16H21NO4. The van der Waals surface area contributed by atoms with Crippen molar-refractivity contribution in [2.45, 2.75) is 20.3 Å². The topological polar surface area (TPSA) is 66.8 Å². The van der Waals surface area contributed by atoms with Gasteiger partial charge in [0.1, 0.15) is 5.75 Å². The van der Waals surface area contributed by atoms with Crippen molar-refractivity contribution in [1.29, 1.82) is 0 Å². The van der Waals surface area contributed by atoms with E-state index in [4.69, 9.17) is 9.84 Å². The highest BCUT2D eigenvalue weighted by atomic mass is 16.5. The van der Waals surface area contributed by atoms with Crippen molar-refractivity contribution < 1.29 is 19.4 Å². The van der Waals surface area contributed by atoms with Crippen LogP contribution in [0.4, 0.5) is 0 Å². The molecule has 0 saturated carbocycles. The van der Waals surface area contributed by atoms with E-state index in [9.17, 15) is 9.59 Å². The summed E-state index contributed by atoms with van der Waals surface area (Å²) < 4.78 is 5.47. The molecule has 5 nitrogen and oxygen atoms in total. The van der Waals surface area contributed by atoms with Gasteiger partial charge in [0.05, 0.1) is 5.92 Å². The molecule has 0 spiro atoms. The molecule has 1 aromatic rings. The number of carboxylic acids is 1. The van der Waals surface area contributed by atoms with E-state index in [1.54, 1.807) is 4.90 Å². The smallest absolute Gasteiger partial charge is 0.308 e. The van der Waals surface area contributed by atoms with Gasteiger partial charge < -0.3 is 14.7 Å². The van der Waals surface area contributed by atoms with E-state index in [-0.39, 0.29) is 25.0 Å². The molecule has 2 unspecified atom stereocenters. The summed E-state index contributed by atoms with van der Waals surface area (Å²) in [7, 11) is 0. The molecular weight excluding hydrogens is 270 g/mol. The minimum atomic E-state index is -0.839. The zero-order chi connectivity index (χ0) is 15.4. The molecule has 1 aliphatic heterocycles. The largest absolute Gasteiger partial charge is 0.484 e. The van der Waals surface area contributed by atoms with E-state index in [1.165, 1.54) is 5.56 Å². The van der Waals surface area contributed by atoms with Crippen molar-refractivity contribution in [3.8, 4) is 5.75 Å². The summed E-state index contributed by atoms with van der Waals surface area (Å²) in [6.07, 6.45) is 0.960. The van der Waals surface area contributed by atoms with Gasteiger partial charge in [0.15, 0.2) is 6.61 Å². The maximum atomic E-state index is 12.1. The number of ether oxygens (including phenoxy) is 1. The van der Waals surface area contributed by atoms with E-state index in [0.717, 1.165) is 6.42 Å². The summed E-state index contributed by atoms with van der Waals surface area (Å²) in [5, 5.41) is 9.07. The minimum Gasteiger partial charge on any atom is -0.484 e. The van der Waals surface area contributed by atoms with Gasteiger partial charge in [0.2, 0.25) is 0 Å². The highest BCUT2D eigenvalue weighted by Gasteiger charge is 2.36. The van der Waals surface area contributed by atoms with Gasteiger partial charge in [-0.3, -0.25) is 9.59 Å². The molecule has 2 atom stereocenters. The third-order valence-corrected chi connectivity index (χ3v) is 3.98. The van der Waals surface area contributed by atoms with Gasteiger partial charge in [-0.2, -0.15) is 0 Å². The lowest BCUT2D eigenvalue weighted by Gasteiger charge is -2.16. The first-order chi connectivity index (χ1) is 10.0. The predicted octanol–water partition coefficient (Wildman–Crippen LogP) is 1.81. The fourth-order valence-electron chi connectivity index (χ4n) is 2.55. The van der Waals surface area contributed by atoms with Crippen LogP contribution in [0.5, 0.6) is 5.75 Å². The standard InChI is InChI=1S/C16H21NO4/c1-3-12-4-6-13(7-5-12)21-10-15(18)17-8-11(2)14(9-17)16(19)20/h4-7,11,14H,3,8-10H2,1-2H3,(H,19,20). The molecule has 1 amide bonds. The Morgan fingerprint density at radius 2 is 1.95 bits per heavy atom. The van der Waals surface area contributed by atoms with Crippen molar-refractivity contribution in [2.75, 3.05) is 19.7 Å². The van der Waals surface area contributed by atoms with Gasteiger partial charge in [-0.1, -0.05) is 26.0 Å². The Labute approximate surface area is 124 Å². The van der Waals surface area contributed by atoms with Crippen LogP contribution in [0.15, 0.2) is 24.3 Å². The molecule has 1 aliphatic rings. The third-order valence-electron chi connectivity index (χ3n) is 3.98. The Hall–Kier alpha value is -2.04. The van der Waals surface area contributed by atoms with Gasteiger partial charge in [-0.25, -0.2) is 0 Å². The van der Waals surface area contributed by atoms with E-state index < -0.39 is 11.9 Å². The summed E-state index contributed by atoms with van der Waals surface area (Å²) in [5.41, 5.74) is 1.21. The number of hydrogen-bond acceptors (Lipinski definition) is 3. The molecule has 1 N–H and O–H groups in total. The van der Waals surface area contributed by atoms with E-state index in [2.05, 4.69) is 6.92 Å². The fraction of sp³-hybridized carbons (Fsp3) is 0.500. The molecule has 0 bridgehead atoms. The average Bonchev–Trinajstić information content (AvgIpc) is 2.87. The molecule has 1 fully saturated rings. The molecule has 0 aliphatic carbocycles. The maximum absolute atomic E-state index is 12.1. The fourth-order valence-corrected chi connectivity index (χ4v) is 2.55. The van der Waals surface area contributed by atoms with Crippen molar-refractivity contribution in [3.63, 3.8) is 0 Å². The highest BCUT2D eigenvalue weighted by Crippen LogP contribution is 2.23. The Morgan fingerprint density at radius 3 is 2.48 bits per heavy atom. The first kappa shape index (κ1) is 15.4. The SMILES string of the molecule is CCc1ccc(OCC(=O)N2CC(C)C(C(=O)O)C2)cc1. The molecule has 1 aromatic carbocycles. The zero-order valence-corrected chi connectivity index (χ0v) is 12.4. The van der Waals surface area contributed by atoms with Crippen molar-refractivity contribution in [2.24, 2.45) is 11.8 Å². The van der Waals surface area contributed by atoms with Crippen LogP contribution in [0.25, 0.3) is 0 Å². The van der Waals surface area contributed by atoms with Crippen molar-refractivity contribution in [1.82, 2.24) is 4.90 Å². The van der Waals surface area contributed by atoms with Crippen LogP contribution in [-0.4, -0.2) is 41.6 Å². The molecule has 0 aromatic heterocycles. The number of carboxylic acid groups (broad SMARTS) is 1. The Morgan fingerprint density at radius 1 is 1.29 bits per heavy atom. The number of rotatable bonds is 5. The van der Waals surface area contributed by atoms with Crippen molar-refractivity contribution in [3.05, 3.63) is 29.8 Å². The molecule has 1 heterocycles. The summed E-state index contributed by atoms with van der Waals surface area (Å²) in [4.78, 5) is 24.7. The number of carbonyl (C=O) groups is 2. The molecule has 5 heteroatoms. The first-order valence-electron chi connectivity index (χ1n) is 7.23. The van der Waals surface area contributed by atoms with Crippen molar-refractivity contribution >= 4 is 11.9 Å². The van der Waals surface area contributed by atoms with Crippen LogP contribution in [0.2, 0.25) is 0 Å². The Balaban J connectivity index is 1.86. The van der Waals surface area contributed by atoms with Crippen LogP contribution < -0.4 is 4.74 Å². The van der Waals surface area contributed by atoms with Crippen LogP contribution >= 0.6 is 0 Å². The van der Waals surface area contributed by atoms with E-state index >= 15 is 0 Å². The van der Waals surface area contributed by atoms with E-state index in [0.29, 0.717) is 12.3 Å². The highest BCUT2D eigenvalue weighted by molar-refractivity contribution is 5.80. The van der Waals surface area contributed by atoms with Gasteiger partial charge in [0, 0.05) is 13.1 Å². The second-order valence-electron chi connectivity index (χ2n) is 5.51. The number of likely N-dealkylation sites (tertiary alicyclic amines) is 1. The quantitative estimate of drug-likeness (QED) is 0.898. The van der Waals surface area contributed by atoms with Crippen LogP contribution in [0, 0.1) is 11.8 Å².